The van der Waals surface area contributed by atoms with Crippen LogP contribution in [0.4, 0.5) is 0 Å². The zero-order chi connectivity index (χ0) is 18.2. The lowest BCUT2D eigenvalue weighted by Crippen LogP contribution is -2.45. The summed E-state index contributed by atoms with van der Waals surface area (Å²) in [5, 5.41) is 11.8. The Morgan fingerprint density at radius 1 is 1.23 bits per heavy atom. The quantitative estimate of drug-likeness (QED) is 0.366. The SMILES string of the molecule is CCNC(=NCc1nnc2n1CCCC2)N(C)CC(=O)N(CC)CC.I. The third kappa shape index (κ3) is 5.82. The molecule has 26 heavy (non-hydrogen) atoms. The summed E-state index contributed by atoms with van der Waals surface area (Å²) in [5.41, 5.74) is 0. The Hall–Kier alpha value is -1.39. The topological polar surface area (TPSA) is 78.6 Å². The highest BCUT2D eigenvalue weighted by atomic mass is 127. The molecule has 0 spiro atoms. The lowest BCUT2D eigenvalue weighted by molar-refractivity contribution is -0.131. The van der Waals surface area contributed by atoms with Gasteiger partial charge in [-0.15, -0.1) is 34.2 Å². The summed E-state index contributed by atoms with van der Waals surface area (Å²) < 4.78 is 2.18. The van der Waals surface area contributed by atoms with Gasteiger partial charge in [-0.2, -0.15) is 0 Å². The minimum Gasteiger partial charge on any atom is -0.357 e. The molecule has 9 heteroatoms. The Balaban J connectivity index is 0.00000338. The number of nitrogens with zero attached hydrogens (tertiary/aromatic N) is 6. The Morgan fingerprint density at radius 3 is 2.62 bits per heavy atom. The van der Waals surface area contributed by atoms with Crippen LogP contribution in [0.3, 0.4) is 0 Å². The Kier molecular flexibility index (Phi) is 9.89. The van der Waals surface area contributed by atoms with E-state index in [2.05, 4.69) is 25.1 Å². The molecular formula is C17H32IN7O. The van der Waals surface area contributed by atoms with E-state index in [1.54, 1.807) is 0 Å². The fourth-order valence-corrected chi connectivity index (χ4v) is 3.05. The fraction of sp³-hybridized carbons (Fsp3) is 0.765. The van der Waals surface area contributed by atoms with Crippen LogP contribution in [-0.4, -0.2) is 69.7 Å². The van der Waals surface area contributed by atoms with Gasteiger partial charge < -0.3 is 19.7 Å². The standard InChI is InChI=1S/C17H31N7O.HI/c1-5-18-17(22(4)13-16(25)23(6-2)7-3)19-12-15-21-20-14-10-8-9-11-24(14)15;/h5-13H2,1-4H3,(H,18,19);1H. The van der Waals surface area contributed by atoms with E-state index < -0.39 is 0 Å². The molecule has 1 aliphatic heterocycles. The van der Waals surface area contributed by atoms with Crippen LogP contribution in [0, 0.1) is 0 Å². The molecule has 1 amide bonds. The van der Waals surface area contributed by atoms with Crippen molar-refractivity contribution in [2.45, 2.75) is 53.1 Å². The van der Waals surface area contributed by atoms with E-state index in [0.717, 1.165) is 50.2 Å². The molecule has 148 valence electrons. The number of likely N-dealkylation sites (N-methyl/N-ethyl adjacent to an activating group) is 2. The molecule has 1 aromatic heterocycles. The maximum absolute atomic E-state index is 12.3. The van der Waals surface area contributed by atoms with E-state index in [-0.39, 0.29) is 29.9 Å². The number of carbonyl (C=O) groups excluding carboxylic acids is 1. The number of aromatic nitrogens is 3. The van der Waals surface area contributed by atoms with E-state index >= 15 is 0 Å². The van der Waals surface area contributed by atoms with Crippen molar-refractivity contribution < 1.29 is 4.79 Å². The molecule has 1 N–H and O–H groups in total. The summed E-state index contributed by atoms with van der Waals surface area (Å²) in [6.45, 7) is 9.97. The van der Waals surface area contributed by atoms with Crippen LogP contribution in [0.15, 0.2) is 4.99 Å². The number of aryl methyl sites for hydroxylation is 1. The summed E-state index contributed by atoms with van der Waals surface area (Å²) in [4.78, 5) is 20.7. The van der Waals surface area contributed by atoms with Crippen LogP contribution in [0.1, 0.15) is 45.3 Å². The number of aliphatic imine (C=N–C) groups is 1. The summed E-state index contributed by atoms with van der Waals surface area (Å²) in [6.07, 6.45) is 3.34. The van der Waals surface area contributed by atoms with E-state index in [4.69, 9.17) is 0 Å². The van der Waals surface area contributed by atoms with Crippen molar-refractivity contribution in [2.75, 3.05) is 33.2 Å². The first-order valence-corrected chi connectivity index (χ1v) is 9.28. The first-order valence-electron chi connectivity index (χ1n) is 9.28. The largest absolute Gasteiger partial charge is 0.357 e. The minimum absolute atomic E-state index is 0. The molecule has 0 bridgehead atoms. The monoisotopic (exact) mass is 477 g/mol. The average molecular weight is 477 g/mol. The number of hydrogen-bond acceptors (Lipinski definition) is 4. The van der Waals surface area contributed by atoms with Crippen LogP contribution >= 0.6 is 24.0 Å². The smallest absolute Gasteiger partial charge is 0.242 e. The van der Waals surface area contributed by atoms with Gasteiger partial charge >= 0.3 is 0 Å². The van der Waals surface area contributed by atoms with Gasteiger partial charge in [-0.05, 0) is 33.6 Å². The number of amides is 1. The van der Waals surface area contributed by atoms with Crippen molar-refractivity contribution in [1.29, 1.82) is 0 Å². The molecule has 0 aliphatic carbocycles. The highest BCUT2D eigenvalue weighted by molar-refractivity contribution is 14.0. The number of carbonyl (C=O) groups is 1. The van der Waals surface area contributed by atoms with Crippen molar-refractivity contribution in [3.8, 4) is 0 Å². The lowest BCUT2D eigenvalue weighted by atomic mass is 10.2. The molecule has 2 rings (SSSR count). The van der Waals surface area contributed by atoms with Gasteiger partial charge in [0.05, 0.1) is 6.54 Å². The van der Waals surface area contributed by atoms with Crippen LogP contribution in [-0.2, 0) is 24.3 Å². The zero-order valence-electron chi connectivity index (χ0n) is 16.4. The van der Waals surface area contributed by atoms with E-state index in [0.29, 0.717) is 13.1 Å². The normalized spacial score (nSPS) is 13.6. The van der Waals surface area contributed by atoms with Gasteiger partial charge in [0, 0.05) is 39.6 Å². The molecule has 1 aromatic rings. The van der Waals surface area contributed by atoms with Gasteiger partial charge in [-0.3, -0.25) is 4.79 Å². The molecule has 0 unspecified atom stereocenters. The number of halogens is 1. The minimum atomic E-state index is 0. The first-order chi connectivity index (χ1) is 12.1. The Labute approximate surface area is 173 Å². The van der Waals surface area contributed by atoms with Gasteiger partial charge in [0.1, 0.15) is 12.4 Å². The third-order valence-corrected chi connectivity index (χ3v) is 4.49. The lowest BCUT2D eigenvalue weighted by Gasteiger charge is -2.25. The average Bonchev–Trinajstić information content (AvgIpc) is 3.02. The Bertz CT molecular complexity index is 598. The fourth-order valence-electron chi connectivity index (χ4n) is 3.05. The molecule has 0 aromatic carbocycles. The maximum Gasteiger partial charge on any atom is 0.242 e. The third-order valence-electron chi connectivity index (χ3n) is 4.49. The number of nitrogens with one attached hydrogen (secondary N) is 1. The second-order valence-electron chi connectivity index (χ2n) is 6.23. The second kappa shape index (κ2) is 11.3. The molecular weight excluding hydrogens is 445 g/mol. The van der Waals surface area contributed by atoms with Gasteiger partial charge in [-0.25, -0.2) is 4.99 Å². The van der Waals surface area contributed by atoms with Crippen molar-refractivity contribution in [1.82, 2.24) is 29.9 Å². The van der Waals surface area contributed by atoms with Gasteiger partial charge in [0.15, 0.2) is 11.8 Å². The predicted octanol–water partition coefficient (Wildman–Crippen LogP) is 1.50. The van der Waals surface area contributed by atoms with Crippen molar-refractivity contribution >= 4 is 35.8 Å². The number of hydrogen-bond donors (Lipinski definition) is 1. The first kappa shape index (κ1) is 22.7. The van der Waals surface area contributed by atoms with Gasteiger partial charge in [0.25, 0.3) is 0 Å². The van der Waals surface area contributed by atoms with Crippen molar-refractivity contribution in [3.05, 3.63) is 11.6 Å². The number of rotatable bonds is 7. The molecule has 0 fully saturated rings. The summed E-state index contributed by atoms with van der Waals surface area (Å²) >= 11 is 0. The number of guanidine groups is 1. The van der Waals surface area contributed by atoms with Crippen molar-refractivity contribution in [2.24, 2.45) is 4.99 Å². The molecule has 0 saturated carbocycles. The maximum atomic E-state index is 12.3. The Morgan fingerprint density at radius 2 is 1.96 bits per heavy atom. The molecule has 8 nitrogen and oxygen atoms in total. The molecule has 0 radical (unpaired) electrons. The van der Waals surface area contributed by atoms with Crippen LogP contribution in [0.25, 0.3) is 0 Å². The second-order valence-corrected chi connectivity index (χ2v) is 6.23. The summed E-state index contributed by atoms with van der Waals surface area (Å²) in [7, 11) is 1.89. The number of fused-ring (bicyclic) bond motifs is 1. The van der Waals surface area contributed by atoms with E-state index in [1.165, 1.54) is 12.8 Å². The van der Waals surface area contributed by atoms with E-state index in [1.807, 2.05) is 37.6 Å². The zero-order valence-corrected chi connectivity index (χ0v) is 18.7. The summed E-state index contributed by atoms with van der Waals surface area (Å²) in [5.74, 6) is 2.79. The van der Waals surface area contributed by atoms with Crippen LogP contribution < -0.4 is 5.32 Å². The predicted molar refractivity (Wildman–Crippen MR) is 114 cm³/mol. The molecule has 2 heterocycles. The van der Waals surface area contributed by atoms with Gasteiger partial charge in [0.2, 0.25) is 5.91 Å². The van der Waals surface area contributed by atoms with Crippen LogP contribution in [0.2, 0.25) is 0 Å². The van der Waals surface area contributed by atoms with Gasteiger partial charge in [-0.1, -0.05) is 0 Å². The molecule has 0 saturated heterocycles. The highest BCUT2D eigenvalue weighted by Gasteiger charge is 2.17. The highest BCUT2D eigenvalue weighted by Crippen LogP contribution is 2.14. The summed E-state index contributed by atoms with van der Waals surface area (Å²) in [6, 6.07) is 0. The van der Waals surface area contributed by atoms with Crippen molar-refractivity contribution in [3.63, 3.8) is 0 Å². The van der Waals surface area contributed by atoms with Crippen LogP contribution in [0.5, 0.6) is 0 Å². The van der Waals surface area contributed by atoms with E-state index in [9.17, 15) is 4.79 Å². The molecule has 0 atom stereocenters. The molecule has 1 aliphatic rings.